The first kappa shape index (κ1) is 15.0. The van der Waals surface area contributed by atoms with Gasteiger partial charge in [0.1, 0.15) is 5.82 Å². The number of hydrogen-bond acceptors (Lipinski definition) is 4. The highest BCUT2D eigenvalue weighted by molar-refractivity contribution is 5.76. The van der Waals surface area contributed by atoms with E-state index in [-0.39, 0.29) is 5.91 Å². The Hall–Kier alpha value is -1.43. The number of carbonyl (C=O) groups excluding carboxylic acids is 1. The average molecular weight is 279 g/mol. The molecular formula is C14H25N5O. The molecule has 1 amide bonds. The van der Waals surface area contributed by atoms with E-state index in [1.54, 1.807) is 4.90 Å². The second-order valence-electron chi connectivity index (χ2n) is 5.87. The number of carbonyl (C=O) groups is 1. The van der Waals surface area contributed by atoms with Crippen molar-refractivity contribution in [3.8, 4) is 0 Å². The number of aromatic amines is 1. The van der Waals surface area contributed by atoms with E-state index in [1.807, 2.05) is 14.0 Å². The van der Waals surface area contributed by atoms with Crippen molar-refractivity contribution < 1.29 is 4.79 Å². The summed E-state index contributed by atoms with van der Waals surface area (Å²) in [4.78, 5) is 18.2. The Kier molecular flexibility index (Phi) is 5.11. The fourth-order valence-electron chi connectivity index (χ4n) is 2.72. The van der Waals surface area contributed by atoms with Crippen LogP contribution in [0.4, 0.5) is 0 Å². The van der Waals surface area contributed by atoms with Crippen molar-refractivity contribution >= 4 is 5.91 Å². The van der Waals surface area contributed by atoms with Crippen molar-refractivity contribution in [1.29, 1.82) is 0 Å². The molecule has 0 saturated carbocycles. The van der Waals surface area contributed by atoms with E-state index in [9.17, 15) is 4.79 Å². The van der Waals surface area contributed by atoms with Gasteiger partial charge in [-0.3, -0.25) is 9.89 Å². The van der Waals surface area contributed by atoms with Gasteiger partial charge in [-0.15, -0.1) is 0 Å². The molecule has 2 unspecified atom stereocenters. The highest BCUT2D eigenvalue weighted by Crippen LogP contribution is 2.23. The van der Waals surface area contributed by atoms with Gasteiger partial charge in [0.15, 0.2) is 5.82 Å². The molecule has 6 nitrogen and oxygen atoms in total. The Labute approximate surface area is 120 Å². The number of rotatable bonds is 5. The van der Waals surface area contributed by atoms with Crippen LogP contribution in [-0.2, 0) is 11.3 Å². The van der Waals surface area contributed by atoms with E-state index in [1.165, 1.54) is 12.8 Å². The number of hydrogen-bond donors (Lipinski definition) is 2. The first-order valence-corrected chi connectivity index (χ1v) is 7.39. The normalized spacial score (nSPS) is 20.6. The van der Waals surface area contributed by atoms with Crippen molar-refractivity contribution in [3.63, 3.8) is 0 Å². The van der Waals surface area contributed by atoms with Gasteiger partial charge in [-0.05, 0) is 44.7 Å². The van der Waals surface area contributed by atoms with E-state index in [0.717, 1.165) is 18.9 Å². The molecule has 1 saturated heterocycles. The first-order valence-electron chi connectivity index (χ1n) is 7.39. The monoisotopic (exact) mass is 279 g/mol. The minimum Gasteiger partial charge on any atom is -0.338 e. The molecular weight excluding hydrogens is 254 g/mol. The van der Waals surface area contributed by atoms with Crippen LogP contribution in [0, 0.1) is 18.8 Å². The lowest BCUT2D eigenvalue weighted by molar-refractivity contribution is -0.131. The number of nitrogens with zero attached hydrogens (tertiary/aromatic N) is 3. The van der Waals surface area contributed by atoms with Crippen LogP contribution in [0.1, 0.15) is 37.8 Å². The molecule has 0 aliphatic carbocycles. The van der Waals surface area contributed by atoms with Crippen LogP contribution in [0.15, 0.2) is 0 Å². The number of H-pyrrole nitrogens is 1. The number of piperidine rings is 1. The average Bonchev–Trinajstić information content (AvgIpc) is 2.85. The summed E-state index contributed by atoms with van der Waals surface area (Å²) in [7, 11) is 1.82. The van der Waals surface area contributed by atoms with Crippen LogP contribution in [0.2, 0.25) is 0 Å². The van der Waals surface area contributed by atoms with Gasteiger partial charge in [-0.25, -0.2) is 4.98 Å². The fraction of sp³-hybridized carbons (Fsp3) is 0.786. The summed E-state index contributed by atoms with van der Waals surface area (Å²) in [6.45, 7) is 6.66. The lowest BCUT2D eigenvalue weighted by Crippen LogP contribution is -2.36. The molecule has 1 aliphatic rings. The molecule has 1 aromatic heterocycles. The molecule has 2 N–H and O–H groups in total. The smallest absolute Gasteiger partial charge is 0.222 e. The molecule has 0 spiro atoms. The Bertz CT molecular complexity index is 439. The zero-order valence-electron chi connectivity index (χ0n) is 12.6. The maximum atomic E-state index is 12.2. The number of amides is 1. The molecule has 20 heavy (non-hydrogen) atoms. The van der Waals surface area contributed by atoms with Gasteiger partial charge in [-0.1, -0.05) is 6.92 Å². The maximum absolute atomic E-state index is 12.2. The van der Waals surface area contributed by atoms with Crippen molar-refractivity contribution in [1.82, 2.24) is 25.4 Å². The zero-order chi connectivity index (χ0) is 14.5. The Morgan fingerprint density at radius 3 is 2.95 bits per heavy atom. The van der Waals surface area contributed by atoms with E-state index in [4.69, 9.17) is 0 Å². The van der Waals surface area contributed by atoms with E-state index < -0.39 is 0 Å². The Morgan fingerprint density at radius 1 is 1.55 bits per heavy atom. The second-order valence-corrected chi connectivity index (χ2v) is 5.87. The molecule has 1 fully saturated rings. The summed E-state index contributed by atoms with van der Waals surface area (Å²) in [5.74, 6) is 2.66. The maximum Gasteiger partial charge on any atom is 0.222 e. The highest BCUT2D eigenvalue weighted by atomic mass is 16.2. The largest absolute Gasteiger partial charge is 0.338 e. The van der Waals surface area contributed by atoms with E-state index in [0.29, 0.717) is 30.6 Å². The second kappa shape index (κ2) is 6.83. The van der Waals surface area contributed by atoms with Crippen molar-refractivity contribution in [3.05, 3.63) is 11.6 Å². The predicted molar refractivity (Wildman–Crippen MR) is 77.0 cm³/mol. The lowest BCUT2D eigenvalue weighted by atomic mass is 9.85. The van der Waals surface area contributed by atoms with Crippen LogP contribution in [0.3, 0.4) is 0 Å². The predicted octanol–water partition coefficient (Wildman–Crippen LogP) is 1.10. The van der Waals surface area contributed by atoms with E-state index >= 15 is 0 Å². The summed E-state index contributed by atoms with van der Waals surface area (Å²) < 4.78 is 0. The van der Waals surface area contributed by atoms with Gasteiger partial charge < -0.3 is 10.2 Å². The summed E-state index contributed by atoms with van der Waals surface area (Å²) in [5, 5.41) is 10.3. The minimum absolute atomic E-state index is 0.172. The molecule has 2 atom stereocenters. The first-order chi connectivity index (χ1) is 9.56. The molecule has 1 aromatic rings. The summed E-state index contributed by atoms with van der Waals surface area (Å²) in [6.07, 6.45) is 3.05. The van der Waals surface area contributed by atoms with Crippen molar-refractivity contribution in [2.45, 2.75) is 39.7 Å². The Balaban J connectivity index is 1.80. The zero-order valence-corrected chi connectivity index (χ0v) is 12.6. The van der Waals surface area contributed by atoms with Crippen LogP contribution in [0.5, 0.6) is 0 Å². The third-order valence-electron chi connectivity index (χ3n) is 4.08. The molecule has 112 valence electrons. The van der Waals surface area contributed by atoms with Crippen LogP contribution in [0.25, 0.3) is 0 Å². The standard InChI is InChI=1S/C14H25N5O/c1-10(12-5-4-6-15-8-12)7-14(20)19(3)9-13-16-11(2)17-18-13/h10,12,15H,4-9H2,1-3H3,(H,16,17,18). The highest BCUT2D eigenvalue weighted by Gasteiger charge is 2.23. The van der Waals surface area contributed by atoms with Crippen molar-refractivity contribution in [2.75, 3.05) is 20.1 Å². The number of aryl methyl sites for hydroxylation is 1. The summed E-state index contributed by atoms with van der Waals surface area (Å²) in [6, 6.07) is 0. The van der Waals surface area contributed by atoms with Crippen molar-refractivity contribution in [2.24, 2.45) is 11.8 Å². The quantitative estimate of drug-likeness (QED) is 0.846. The van der Waals surface area contributed by atoms with Crippen LogP contribution >= 0.6 is 0 Å². The summed E-state index contributed by atoms with van der Waals surface area (Å²) >= 11 is 0. The summed E-state index contributed by atoms with van der Waals surface area (Å²) in [5.41, 5.74) is 0. The molecule has 2 rings (SSSR count). The number of nitrogens with one attached hydrogen (secondary N) is 2. The molecule has 0 bridgehead atoms. The Morgan fingerprint density at radius 2 is 2.35 bits per heavy atom. The SMILES string of the molecule is Cc1nc(CN(C)C(=O)CC(C)C2CCCNC2)n[nH]1. The van der Waals surface area contributed by atoms with Gasteiger partial charge in [0.25, 0.3) is 0 Å². The molecule has 2 heterocycles. The molecule has 0 radical (unpaired) electrons. The van der Waals surface area contributed by atoms with E-state index in [2.05, 4.69) is 27.4 Å². The topological polar surface area (TPSA) is 73.9 Å². The minimum atomic E-state index is 0.172. The third kappa shape index (κ3) is 4.03. The molecule has 6 heteroatoms. The number of aromatic nitrogens is 3. The van der Waals surface area contributed by atoms with Crippen LogP contribution in [-0.4, -0.2) is 46.1 Å². The van der Waals surface area contributed by atoms with Gasteiger partial charge in [0.05, 0.1) is 6.54 Å². The molecule has 0 aromatic carbocycles. The van der Waals surface area contributed by atoms with Crippen LogP contribution < -0.4 is 5.32 Å². The van der Waals surface area contributed by atoms with Gasteiger partial charge in [0, 0.05) is 13.5 Å². The fourth-order valence-corrected chi connectivity index (χ4v) is 2.72. The van der Waals surface area contributed by atoms with Gasteiger partial charge in [0.2, 0.25) is 5.91 Å². The third-order valence-corrected chi connectivity index (χ3v) is 4.08. The molecule has 1 aliphatic heterocycles. The van der Waals surface area contributed by atoms with Gasteiger partial charge >= 0.3 is 0 Å². The lowest BCUT2D eigenvalue weighted by Gasteiger charge is -2.29. The van der Waals surface area contributed by atoms with Gasteiger partial charge in [-0.2, -0.15) is 5.10 Å².